The molecule has 186 valence electrons. The van der Waals surface area contributed by atoms with Crippen LogP contribution >= 0.6 is 0 Å². The van der Waals surface area contributed by atoms with Gasteiger partial charge in [-0.1, -0.05) is 37.1 Å². The minimum absolute atomic E-state index is 0.194. The Morgan fingerprint density at radius 1 is 1.00 bits per heavy atom. The molecule has 0 atom stereocenters. The van der Waals surface area contributed by atoms with Gasteiger partial charge in [-0.15, -0.1) is 0 Å². The van der Waals surface area contributed by atoms with Crippen molar-refractivity contribution >= 4 is 17.0 Å². The minimum Gasteiger partial charge on any atom is -0.393 e. The quantitative estimate of drug-likeness (QED) is 0.508. The average Bonchev–Trinajstić information content (AvgIpc) is 3.64. The lowest BCUT2D eigenvalue weighted by molar-refractivity contribution is 0.0342. The number of fused-ring (bicyclic) bond motifs is 1. The lowest BCUT2D eigenvalue weighted by atomic mass is 9.93. The van der Waals surface area contributed by atoms with Crippen molar-refractivity contribution in [2.45, 2.75) is 63.6 Å². The van der Waals surface area contributed by atoms with E-state index in [9.17, 15) is 5.11 Å². The first-order chi connectivity index (χ1) is 17.2. The van der Waals surface area contributed by atoms with E-state index >= 15 is 0 Å². The van der Waals surface area contributed by atoms with E-state index in [1.807, 2.05) is 6.20 Å². The topological polar surface area (TPSA) is 88.3 Å². The minimum atomic E-state index is -0.194. The third kappa shape index (κ3) is 5.34. The first-order valence-corrected chi connectivity index (χ1v) is 13.3. The molecule has 0 spiro atoms. The maximum Gasteiger partial charge on any atom is 0.224 e. The lowest BCUT2D eigenvalue weighted by Gasteiger charge is -2.26. The zero-order valence-corrected chi connectivity index (χ0v) is 20.4. The summed E-state index contributed by atoms with van der Waals surface area (Å²) in [7, 11) is 0. The monoisotopic (exact) mass is 476 g/mol. The number of anilines is 1. The molecule has 1 aromatic carbocycles. The average molecular weight is 477 g/mol. The van der Waals surface area contributed by atoms with Crippen LogP contribution < -0.4 is 5.32 Å². The van der Waals surface area contributed by atoms with Crippen molar-refractivity contribution in [1.29, 1.82) is 0 Å². The first-order valence-electron chi connectivity index (χ1n) is 13.3. The maximum absolute atomic E-state index is 10.0. The van der Waals surface area contributed by atoms with Gasteiger partial charge < -0.3 is 15.2 Å². The van der Waals surface area contributed by atoms with Crippen LogP contribution in [0.5, 0.6) is 0 Å². The highest BCUT2D eigenvalue weighted by Crippen LogP contribution is 2.35. The summed E-state index contributed by atoms with van der Waals surface area (Å²) in [6.45, 7) is 5.47. The molecule has 35 heavy (non-hydrogen) atoms. The van der Waals surface area contributed by atoms with Gasteiger partial charge in [-0.3, -0.25) is 4.90 Å². The molecule has 8 heteroatoms. The summed E-state index contributed by atoms with van der Waals surface area (Å²) in [5, 5.41) is 19.5. The van der Waals surface area contributed by atoms with Gasteiger partial charge in [0.25, 0.3) is 0 Å². The molecule has 0 radical (unpaired) electrons. The van der Waals surface area contributed by atoms with Crippen molar-refractivity contribution in [3.63, 3.8) is 0 Å². The van der Waals surface area contributed by atoms with E-state index in [1.54, 1.807) is 0 Å². The molecule has 2 saturated carbocycles. The molecule has 0 bridgehead atoms. The van der Waals surface area contributed by atoms with Crippen LogP contribution in [0.1, 0.15) is 56.6 Å². The molecule has 1 saturated heterocycles. The van der Waals surface area contributed by atoms with Crippen LogP contribution in [0.2, 0.25) is 0 Å². The summed E-state index contributed by atoms with van der Waals surface area (Å²) in [6, 6.07) is 9.02. The van der Waals surface area contributed by atoms with Crippen molar-refractivity contribution in [2.24, 2.45) is 5.92 Å². The fraction of sp³-hybridized carbons (Fsp3) is 0.593. The molecule has 3 heterocycles. The Kier molecular flexibility index (Phi) is 6.67. The fourth-order valence-electron chi connectivity index (χ4n) is 5.36. The predicted molar refractivity (Wildman–Crippen MR) is 136 cm³/mol. The highest BCUT2D eigenvalue weighted by molar-refractivity contribution is 5.91. The zero-order chi connectivity index (χ0) is 23.6. The van der Waals surface area contributed by atoms with E-state index in [1.165, 1.54) is 24.8 Å². The van der Waals surface area contributed by atoms with Crippen LogP contribution in [-0.4, -0.2) is 68.7 Å². The molecule has 2 aliphatic carbocycles. The van der Waals surface area contributed by atoms with Crippen LogP contribution in [0.25, 0.3) is 22.3 Å². The molecule has 0 unspecified atom stereocenters. The van der Waals surface area contributed by atoms with Crippen molar-refractivity contribution in [2.75, 3.05) is 38.2 Å². The number of aliphatic hydroxyl groups excluding tert-OH is 1. The highest BCUT2D eigenvalue weighted by atomic mass is 16.5. The second kappa shape index (κ2) is 10.2. The van der Waals surface area contributed by atoms with Crippen LogP contribution in [0.15, 0.2) is 30.5 Å². The normalized spacial score (nSPS) is 23.6. The van der Waals surface area contributed by atoms with Gasteiger partial charge in [0.2, 0.25) is 5.95 Å². The Morgan fingerprint density at radius 2 is 1.77 bits per heavy atom. The van der Waals surface area contributed by atoms with Gasteiger partial charge in [0.15, 0.2) is 5.65 Å². The number of morpholine rings is 1. The molecule has 3 fully saturated rings. The summed E-state index contributed by atoms with van der Waals surface area (Å²) in [5.41, 5.74) is 4.23. The standard InChI is InChI=1S/C27H36N6O2/c34-23-9-7-22(8-10-23)33-26-24(17-29-27(30-26)28-12-11-19-1-2-19)25(31-33)21-5-3-20(4-6-21)18-32-13-15-35-16-14-32/h3-6,17,19,22-23,34H,1-2,7-16,18H2,(H,28,29,30). The van der Waals surface area contributed by atoms with Crippen LogP contribution in [0.4, 0.5) is 5.95 Å². The molecule has 8 nitrogen and oxygen atoms in total. The van der Waals surface area contributed by atoms with Crippen LogP contribution in [0, 0.1) is 5.92 Å². The lowest BCUT2D eigenvalue weighted by Crippen LogP contribution is -2.35. The number of nitrogens with zero attached hydrogens (tertiary/aromatic N) is 5. The Hall–Kier alpha value is -2.55. The fourth-order valence-corrected chi connectivity index (χ4v) is 5.36. The number of aliphatic hydroxyl groups is 1. The summed E-state index contributed by atoms with van der Waals surface area (Å²) < 4.78 is 7.58. The molecule has 3 aromatic rings. The smallest absolute Gasteiger partial charge is 0.224 e. The number of aromatic nitrogens is 4. The number of hydrogen-bond acceptors (Lipinski definition) is 7. The van der Waals surface area contributed by atoms with Gasteiger partial charge in [0, 0.05) is 37.9 Å². The third-order valence-corrected chi connectivity index (χ3v) is 7.73. The van der Waals surface area contributed by atoms with E-state index in [-0.39, 0.29) is 12.1 Å². The second-order valence-electron chi connectivity index (χ2n) is 10.4. The SMILES string of the molecule is OC1CCC(n2nc(-c3ccc(CN4CCOCC4)cc3)c3cnc(NCCC4CC4)nc32)CC1. The van der Waals surface area contributed by atoms with Gasteiger partial charge in [0.1, 0.15) is 5.69 Å². The molecule has 1 aliphatic heterocycles. The number of hydrogen-bond donors (Lipinski definition) is 2. The Bertz CT molecular complexity index is 1130. The first kappa shape index (κ1) is 22.9. The Morgan fingerprint density at radius 3 is 2.51 bits per heavy atom. The molecular weight excluding hydrogens is 440 g/mol. The van der Waals surface area contributed by atoms with E-state index in [2.05, 4.69) is 44.1 Å². The van der Waals surface area contributed by atoms with Gasteiger partial charge in [-0.2, -0.15) is 10.1 Å². The predicted octanol–water partition coefficient (Wildman–Crippen LogP) is 4.01. The van der Waals surface area contributed by atoms with Crippen molar-refractivity contribution < 1.29 is 9.84 Å². The molecular formula is C27H36N6O2. The second-order valence-corrected chi connectivity index (χ2v) is 10.4. The Labute approximate surface area is 206 Å². The highest BCUT2D eigenvalue weighted by Gasteiger charge is 2.26. The van der Waals surface area contributed by atoms with Crippen LogP contribution in [-0.2, 0) is 11.3 Å². The summed E-state index contributed by atoms with van der Waals surface area (Å²) in [5.74, 6) is 1.56. The van der Waals surface area contributed by atoms with Crippen molar-refractivity contribution in [3.05, 3.63) is 36.0 Å². The van der Waals surface area contributed by atoms with Gasteiger partial charge >= 0.3 is 0 Å². The largest absolute Gasteiger partial charge is 0.393 e. The Balaban J connectivity index is 1.27. The number of ether oxygens (including phenoxy) is 1. The van der Waals surface area contributed by atoms with Crippen LogP contribution in [0.3, 0.4) is 0 Å². The van der Waals surface area contributed by atoms with E-state index in [0.29, 0.717) is 5.95 Å². The van der Waals surface area contributed by atoms with Crippen molar-refractivity contribution in [1.82, 2.24) is 24.6 Å². The number of benzene rings is 1. The maximum atomic E-state index is 10.0. The van der Waals surface area contributed by atoms with E-state index < -0.39 is 0 Å². The summed E-state index contributed by atoms with van der Waals surface area (Å²) >= 11 is 0. The molecule has 0 amide bonds. The molecule has 2 aromatic heterocycles. The van der Waals surface area contributed by atoms with Gasteiger partial charge in [0.05, 0.1) is 30.7 Å². The van der Waals surface area contributed by atoms with E-state index in [0.717, 1.165) is 93.3 Å². The van der Waals surface area contributed by atoms with Gasteiger partial charge in [-0.05, 0) is 43.6 Å². The third-order valence-electron chi connectivity index (χ3n) is 7.73. The number of nitrogens with one attached hydrogen (secondary N) is 1. The molecule has 3 aliphatic rings. The summed E-state index contributed by atoms with van der Waals surface area (Å²) in [6.07, 6.45) is 9.11. The molecule has 6 rings (SSSR count). The zero-order valence-electron chi connectivity index (χ0n) is 20.4. The van der Waals surface area contributed by atoms with Gasteiger partial charge in [-0.25, -0.2) is 9.67 Å². The van der Waals surface area contributed by atoms with Crippen molar-refractivity contribution in [3.8, 4) is 11.3 Å². The van der Waals surface area contributed by atoms with E-state index in [4.69, 9.17) is 14.8 Å². The molecule has 2 N–H and O–H groups in total. The summed E-state index contributed by atoms with van der Waals surface area (Å²) in [4.78, 5) is 12.0. The number of rotatable bonds is 8.